The van der Waals surface area contributed by atoms with Gasteiger partial charge in [0.15, 0.2) is 0 Å². The molecule has 1 aliphatic rings. The Balaban J connectivity index is 1.61. The molecule has 1 unspecified atom stereocenters. The highest BCUT2D eigenvalue weighted by Crippen LogP contribution is 2.22. The van der Waals surface area contributed by atoms with E-state index in [0.29, 0.717) is 32.0 Å². The normalized spacial score (nSPS) is 17.4. The van der Waals surface area contributed by atoms with E-state index in [4.69, 9.17) is 0 Å². The lowest BCUT2D eigenvalue weighted by Gasteiger charge is -2.36. The topological polar surface area (TPSA) is 87.5 Å². The molecule has 1 fully saturated rings. The quantitative estimate of drug-likeness (QED) is 0.681. The number of halogens is 1. The fourth-order valence-electron chi connectivity index (χ4n) is 3.33. The molecule has 158 valence electrons. The van der Waals surface area contributed by atoms with Gasteiger partial charge in [-0.3, -0.25) is 9.69 Å². The monoisotopic (exact) mass is 483 g/mol. The van der Waals surface area contributed by atoms with Gasteiger partial charge in [0.05, 0.1) is 17.1 Å². The van der Waals surface area contributed by atoms with E-state index in [2.05, 4.69) is 26.3 Å². The van der Waals surface area contributed by atoms with Crippen LogP contribution in [0.15, 0.2) is 45.9 Å². The molecule has 0 aliphatic carbocycles. The van der Waals surface area contributed by atoms with Crippen molar-refractivity contribution in [3.63, 3.8) is 0 Å². The highest BCUT2D eigenvalue weighted by atomic mass is 79.9. The predicted molar refractivity (Wildman–Crippen MR) is 115 cm³/mol. The molecule has 0 spiro atoms. The van der Waals surface area contributed by atoms with Gasteiger partial charge in [0.25, 0.3) is 0 Å². The van der Waals surface area contributed by atoms with Crippen molar-refractivity contribution in [2.24, 2.45) is 0 Å². The van der Waals surface area contributed by atoms with Crippen LogP contribution in [-0.2, 0) is 14.8 Å². The molecule has 1 aromatic carbocycles. The van der Waals surface area contributed by atoms with Gasteiger partial charge in [-0.25, -0.2) is 13.1 Å². The number of hydrogen-bond donors (Lipinski definition) is 1. The molecular weight excluding hydrogens is 458 g/mol. The zero-order chi connectivity index (χ0) is 21.2. The van der Waals surface area contributed by atoms with E-state index >= 15 is 0 Å². The van der Waals surface area contributed by atoms with E-state index < -0.39 is 10.0 Å². The van der Waals surface area contributed by atoms with Gasteiger partial charge in [-0.05, 0) is 39.0 Å². The van der Waals surface area contributed by atoms with Crippen molar-refractivity contribution in [3.05, 3.63) is 41.0 Å². The summed E-state index contributed by atoms with van der Waals surface area (Å²) in [6.45, 7) is 7.50. The van der Waals surface area contributed by atoms with Crippen LogP contribution in [0.5, 0.6) is 0 Å². The number of amides is 1. The molecule has 1 saturated heterocycles. The molecule has 1 amide bonds. The number of hydrogen-bond acceptors (Lipinski definition) is 5. The molecule has 1 aliphatic heterocycles. The summed E-state index contributed by atoms with van der Waals surface area (Å²) < 4.78 is 29.7. The number of sulfonamides is 1. The minimum atomic E-state index is -3.55. The summed E-state index contributed by atoms with van der Waals surface area (Å²) >= 11 is 3.32. The summed E-state index contributed by atoms with van der Waals surface area (Å²) in [5, 5.41) is 7.15. The molecular formula is C19H26BrN5O3S. The van der Waals surface area contributed by atoms with Gasteiger partial charge >= 0.3 is 0 Å². The van der Waals surface area contributed by atoms with Gasteiger partial charge in [-0.15, -0.1) is 0 Å². The second-order valence-corrected chi connectivity index (χ2v) is 10.2. The summed E-state index contributed by atoms with van der Waals surface area (Å²) in [5.74, 6) is 0.531. The first-order chi connectivity index (χ1) is 13.7. The second kappa shape index (κ2) is 8.95. The average molecular weight is 484 g/mol. The Kier molecular flexibility index (Phi) is 6.77. The molecule has 0 radical (unpaired) electrons. The molecule has 8 nitrogen and oxygen atoms in total. The molecule has 0 saturated carbocycles. The van der Waals surface area contributed by atoms with Crippen molar-refractivity contribution in [1.82, 2.24) is 19.0 Å². The van der Waals surface area contributed by atoms with Crippen molar-refractivity contribution < 1.29 is 13.2 Å². The maximum atomic E-state index is 12.9. The Labute approximate surface area is 180 Å². The molecule has 10 heteroatoms. The van der Waals surface area contributed by atoms with Gasteiger partial charge in [0.1, 0.15) is 5.82 Å². The van der Waals surface area contributed by atoms with E-state index in [1.807, 2.05) is 25.7 Å². The van der Waals surface area contributed by atoms with Crippen LogP contribution in [0.2, 0.25) is 0 Å². The highest BCUT2D eigenvalue weighted by Gasteiger charge is 2.32. The predicted octanol–water partition coefficient (Wildman–Crippen LogP) is 2.56. The van der Waals surface area contributed by atoms with Crippen LogP contribution in [0, 0.1) is 0 Å². The first-order valence-electron chi connectivity index (χ1n) is 9.54. The summed E-state index contributed by atoms with van der Waals surface area (Å²) in [5.41, 5.74) is 0. The van der Waals surface area contributed by atoms with Crippen molar-refractivity contribution >= 4 is 37.7 Å². The number of nitrogens with zero attached hydrogens (tertiary/aromatic N) is 4. The SMILES string of the molecule is CC(C(=O)Nc1ccnn1C(C)C)N1CCN(S(=O)(=O)c2cccc(Br)c2)CC1. The van der Waals surface area contributed by atoms with E-state index in [-0.39, 0.29) is 22.9 Å². The standard InChI is InChI=1S/C19H26BrN5O3S/c1-14(2)25-18(7-8-21-25)22-19(26)15(3)23-9-11-24(12-10-23)29(27,28)17-6-4-5-16(20)13-17/h4-8,13-15H,9-12H2,1-3H3,(H,22,26). The zero-order valence-electron chi connectivity index (χ0n) is 16.7. The molecule has 1 aromatic heterocycles. The molecule has 29 heavy (non-hydrogen) atoms. The number of benzene rings is 1. The third kappa shape index (κ3) is 4.88. The van der Waals surface area contributed by atoms with Gasteiger partial charge < -0.3 is 5.32 Å². The number of aromatic nitrogens is 2. The Morgan fingerprint density at radius 1 is 1.14 bits per heavy atom. The lowest BCUT2D eigenvalue weighted by molar-refractivity contribution is -0.121. The van der Waals surface area contributed by atoms with E-state index in [9.17, 15) is 13.2 Å². The maximum absolute atomic E-state index is 12.9. The summed E-state index contributed by atoms with van der Waals surface area (Å²) in [4.78, 5) is 15.0. The second-order valence-electron chi connectivity index (χ2n) is 7.32. The summed E-state index contributed by atoms with van der Waals surface area (Å²) in [7, 11) is -3.55. The van der Waals surface area contributed by atoms with Crippen LogP contribution < -0.4 is 5.32 Å². The highest BCUT2D eigenvalue weighted by molar-refractivity contribution is 9.10. The number of rotatable bonds is 6. The molecule has 2 aromatic rings. The van der Waals surface area contributed by atoms with Crippen LogP contribution in [-0.4, -0.2) is 65.5 Å². The van der Waals surface area contributed by atoms with Crippen LogP contribution >= 0.6 is 15.9 Å². The lowest BCUT2D eigenvalue weighted by Crippen LogP contribution is -2.54. The molecule has 0 bridgehead atoms. The first-order valence-corrected chi connectivity index (χ1v) is 11.8. The molecule has 1 atom stereocenters. The summed E-state index contributed by atoms with van der Waals surface area (Å²) in [6, 6.07) is 8.25. The van der Waals surface area contributed by atoms with Gasteiger partial charge in [-0.1, -0.05) is 22.0 Å². The van der Waals surface area contributed by atoms with Crippen LogP contribution in [0.3, 0.4) is 0 Å². The number of nitrogens with one attached hydrogen (secondary N) is 1. The first kappa shape index (κ1) is 21.9. The van der Waals surface area contributed by atoms with E-state index in [0.717, 1.165) is 4.47 Å². The van der Waals surface area contributed by atoms with E-state index in [1.165, 1.54) is 4.31 Å². The average Bonchev–Trinajstić information content (AvgIpc) is 3.16. The van der Waals surface area contributed by atoms with Crippen molar-refractivity contribution in [2.45, 2.75) is 37.8 Å². The Hall–Kier alpha value is -1.75. The smallest absolute Gasteiger partial charge is 0.243 e. The molecule has 1 N–H and O–H groups in total. The Morgan fingerprint density at radius 3 is 2.45 bits per heavy atom. The van der Waals surface area contributed by atoms with Crippen LogP contribution in [0.1, 0.15) is 26.8 Å². The van der Waals surface area contributed by atoms with Gasteiger partial charge in [0.2, 0.25) is 15.9 Å². The van der Waals surface area contributed by atoms with Crippen LogP contribution in [0.25, 0.3) is 0 Å². The minimum Gasteiger partial charge on any atom is -0.310 e. The minimum absolute atomic E-state index is 0.129. The zero-order valence-corrected chi connectivity index (χ0v) is 19.1. The summed E-state index contributed by atoms with van der Waals surface area (Å²) in [6.07, 6.45) is 1.66. The van der Waals surface area contributed by atoms with Gasteiger partial charge in [-0.2, -0.15) is 9.40 Å². The van der Waals surface area contributed by atoms with Crippen LogP contribution in [0.4, 0.5) is 5.82 Å². The van der Waals surface area contributed by atoms with E-state index in [1.54, 1.807) is 41.2 Å². The Morgan fingerprint density at radius 2 is 1.83 bits per heavy atom. The van der Waals surface area contributed by atoms with Crippen molar-refractivity contribution in [3.8, 4) is 0 Å². The number of carbonyl (C=O) groups excluding carboxylic acids is 1. The Bertz CT molecular complexity index is 968. The number of anilines is 1. The molecule has 3 rings (SSSR count). The maximum Gasteiger partial charge on any atom is 0.243 e. The number of carbonyl (C=O) groups is 1. The lowest BCUT2D eigenvalue weighted by atomic mass is 10.2. The largest absolute Gasteiger partial charge is 0.310 e. The van der Waals surface area contributed by atoms with Crippen molar-refractivity contribution in [1.29, 1.82) is 0 Å². The number of piperazine rings is 1. The third-order valence-corrected chi connectivity index (χ3v) is 7.43. The molecule has 2 heterocycles. The van der Waals surface area contributed by atoms with Crippen molar-refractivity contribution in [2.75, 3.05) is 31.5 Å². The fraction of sp³-hybridized carbons (Fsp3) is 0.474. The fourth-order valence-corrected chi connectivity index (χ4v) is 5.35. The third-order valence-electron chi connectivity index (χ3n) is 5.04. The van der Waals surface area contributed by atoms with Gasteiger partial charge in [0, 0.05) is 42.8 Å².